The van der Waals surface area contributed by atoms with E-state index < -0.39 is 16.5 Å². The summed E-state index contributed by atoms with van der Waals surface area (Å²) in [5.41, 5.74) is 0. The Hall–Kier alpha value is 1.30. The first kappa shape index (κ1) is 7.41. The SMILES string of the molecule is BP1OPOP(B)O1. The van der Waals surface area contributed by atoms with E-state index in [9.17, 15) is 0 Å². The summed E-state index contributed by atoms with van der Waals surface area (Å²) in [6.45, 7) is 0. The molecule has 0 bridgehead atoms. The molecular formula is H5B2O3P3. The van der Waals surface area contributed by atoms with Crippen LogP contribution in [0.4, 0.5) is 0 Å². The van der Waals surface area contributed by atoms with Gasteiger partial charge in [-0.2, -0.15) is 0 Å². The van der Waals surface area contributed by atoms with Crippen LogP contribution >= 0.6 is 25.5 Å². The predicted octanol–water partition coefficient (Wildman–Crippen LogP) is 0.278. The van der Waals surface area contributed by atoms with Crippen LogP contribution in [-0.2, 0) is 12.9 Å². The van der Waals surface area contributed by atoms with E-state index in [4.69, 9.17) is 12.9 Å². The van der Waals surface area contributed by atoms with Crippen molar-refractivity contribution in [3.63, 3.8) is 0 Å². The van der Waals surface area contributed by atoms with Crippen LogP contribution < -0.4 is 0 Å². The molecule has 0 aromatic carbocycles. The molecule has 0 spiro atoms. The normalized spacial score (nSPS) is 42.5. The third-order valence-corrected chi connectivity index (χ3v) is 5.05. The molecule has 1 saturated heterocycles. The van der Waals surface area contributed by atoms with E-state index in [0.717, 1.165) is 0 Å². The molecule has 0 aromatic rings. The summed E-state index contributed by atoms with van der Waals surface area (Å²) in [4.78, 5) is 0. The van der Waals surface area contributed by atoms with Gasteiger partial charge < -0.3 is 4.31 Å². The third kappa shape index (κ3) is 2.27. The lowest BCUT2D eigenvalue weighted by Crippen LogP contribution is -1.86. The maximum atomic E-state index is 5.18. The lowest BCUT2D eigenvalue weighted by molar-refractivity contribution is 0.456. The highest BCUT2D eigenvalue weighted by Crippen LogP contribution is 2.61. The van der Waals surface area contributed by atoms with Crippen LogP contribution in [0.25, 0.3) is 0 Å². The van der Waals surface area contributed by atoms with Gasteiger partial charge in [-0.3, -0.25) is 8.62 Å². The first-order chi connectivity index (χ1) is 3.79. The standard InChI is InChI=1S/B2H5O3P3/c1-7-3-6-4-8(2)5-7/h6H,1-2H2. The van der Waals surface area contributed by atoms with Crippen molar-refractivity contribution in [2.75, 3.05) is 0 Å². The summed E-state index contributed by atoms with van der Waals surface area (Å²) in [5, 5.41) is 0. The molecule has 0 amide bonds. The van der Waals surface area contributed by atoms with E-state index in [1.807, 2.05) is 15.1 Å². The van der Waals surface area contributed by atoms with Gasteiger partial charge in [0.15, 0.2) is 9.03 Å². The fourth-order valence-corrected chi connectivity index (χ4v) is 3.75. The van der Waals surface area contributed by atoms with Crippen LogP contribution in [0, 0.1) is 0 Å². The molecule has 0 aliphatic carbocycles. The van der Waals surface area contributed by atoms with Crippen molar-refractivity contribution < 1.29 is 12.9 Å². The summed E-state index contributed by atoms with van der Waals surface area (Å²) < 4.78 is 15.2. The van der Waals surface area contributed by atoms with Crippen molar-refractivity contribution in [3.8, 4) is 0 Å². The molecule has 0 aromatic heterocycles. The quantitative estimate of drug-likeness (QED) is 0.383. The zero-order valence-electron chi connectivity index (χ0n) is 4.62. The molecule has 2 unspecified atom stereocenters. The Bertz CT molecular complexity index is 70.9. The molecular weight excluding hydrogens is 163 g/mol. The topological polar surface area (TPSA) is 27.7 Å². The van der Waals surface area contributed by atoms with Crippen molar-refractivity contribution >= 4 is 40.7 Å². The molecule has 1 heterocycles. The molecule has 0 radical (unpaired) electrons. The Morgan fingerprint density at radius 2 is 1.62 bits per heavy atom. The molecule has 0 N–H and O–H groups in total. The van der Waals surface area contributed by atoms with Gasteiger partial charge in [-0.25, -0.2) is 0 Å². The van der Waals surface area contributed by atoms with Crippen molar-refractivity contribution in [2.45, 2.75) is 0 Å². The lowest BCUT2D eigenvalue weighted by atomic mass is 10.8. The Balaban J connectivity index is 2.23. The summed E-state index contributed by atoms with van der Waals surface area (Å²) in [5.74, 6) is 0. The smallest absolute Gasteiger partial charge is 0.205 e. The second kappa shape index (κ2) is 3.46. The fourth-order valence-electron chi connectivity index (χ4n) is 0.317. The average Bonchev–Trinajstić information content (AvgIpc) is 1.64. The second-order valence-corrected chi connectivity index (χ2v) is 5.27. The minimum Gasteiger partial charge on any atom is -0.302 e. The van der Waals surface area contributed by atoms with Gasteiger partial charge in [-0.05, 0) is 0 Å². The van der Waals surface area contributed by atoms with E-state index in [1.165, 1.54) is 0 Å². The molecule has 1 rings (SSSR count). The monoisotopic (exact) mass is 168 g/mol. The summed E-state index contributed by atoms with van der Waals surface area (Å²) in [6, 6.07) is 0. The molecule has 44 valence electrons. The van der Waals surface area contributed by atoms with Gasteiger partial charge in [-0.1, -0.05) is 0 Å². The van der Waals surface area contributed by atoms with Crippen LogP contribution in [0.5, 0.6) is 0 Å². The summed E-state index contributed by atoms with van der Waals surface area (Å²) >= 11 is 0. The predicted molar refractivity (Wildman–Crippen MR) is 42.5 cm³/mol. The average molecular weight is 168 g/mol. The molecule has 3 nitrogen and oxygen atoms in total. The first-order valence-electron chi connectivity index (χ1n) is 2.03. The van der Waals surface area contributed by atoms with Crippen LogP contribution in [-0.4, -0.2) is 15.1 Å². The second-order valence-electron chi connectivity index (χ2n) is 1.23. The maximum absolute atomic E-state index is 5.18. The number of hydrogen-bond donors (Lipinski definition) is 0. The number of rotatable bonds is 0. The van der Waals surface area contributed by atoms with Crippen LogP contribution in [0.3, 0.4) is 0 Å². The Morgan fingerprint density at radius 1 is 1.12 bits per heavy atom. The van der Waals surface area contributed by atoms with Gasteiger partial charge in [0.25, 0.3) is 0 Å². The molecule has 1 aliphatic heterocycles. The van der Waals surface area contributed by atoms with E-state index in [1.54, 1.807) is 0 Å². The van der Waals surface area contributed by atoms with Gasteiger partial charge in [0, 0.05) is 0 Å². The fraction of sp³-hybridized carbons (Fsp3) is 0. The summed E-state index contributed by atoms with van der Waals surface area (Å²) in [7, 11) is 2.83. The Kier molecular flexibility index (Phi) is 3.21. The minimum atomic E-state index is -0.615. The largest absolute Gasteiger partial charge is 0.302 e. The maximum Gasteiger partial charge on any atom is 0.205 e. The van der Waals surface area contributed by atoms with Crippen LogP contribution in [0.15, 0.2) is 0 Å². The van der Waals surface area contributed by atoms with Gasteiger partial charge in [0.05, 0.1) is 0 Å². The van der Waals surface area contributed by atoms with Crippen molar-refractivity contribution in [1.82, 2.24) is 0 Å². The highest BCUT2D eigenvalue weighted by atomic mass is 31.3. The highest BCUT2D eigenvalue weighted by molar-refractivity contribution is 7.90. The molecule has 1 aliphatic rings. The summed E-state index contributed by atoms with van der Waals surface area (Å²) in [6.07, 6.45) is 0. The zero-order valence-corrected chi connectivity index (χ0v) is 7.41. The van der Waals surface area contributed by atoms with Gasteiger partial charge >= 0.3 is 0 Å². The van der Waals surface area contributed by atoms with Gasteiger partial charge in [0.1, 0.15) is 16.5 Å². The zero-order chi connectivity index (χ0) is 5.98. The van der Waals surface area contributed by atoms with Gasteiger partial charge in [0.2, 0.25) is 15.1 Å². The van der Waals surface area contributed by atoms with E-state index in [0.29, 0.717) is 0 Å². The van der Waals surface area contributed by atoms with E-state index >= 15 is 0 Å². The molecule has 1 fully saturated rings. The van der Waals surface area contributed by atoms with Crippen LogP contribution in [0.2, 0.25) is 0 Å². The first-order valence-corrected chi connectivity index (χ1v) is 6.10. The van der Waals surface area contributed by atoms with Crippen molar-refractivity contribution in [1.29, 1.82) is 0 Å². The van der Waals surface area contributed by atoms with Crippen LogP contribution in [0.1, 0.15) is 0 Å². The Labute approximate surface area is 54.4 Å². The molecule has 2 atom stereocenters. The molecule has 0 saturated carbocycles. The van der Waals surface area contributed by atoms with E-state index in [2.05, 4.69) is 0 Å². The lowest BCUT2D eigenvalue weighted by Gasteiger charge is -2.23. The van der Waals surface area contributed by atoms with Crippen molar-refractivity contribution in [3.05, 3.63) is 0 Å². The number of hydrogen-bond acceptors (Lipinski definition) is 3. The Morgan fingerprint density at radius 3 is 1.88 bits per heavy atom. The highest BCUT2D eigenvalue weighted by Gasteiger charge is 2.15. The van der Waals surface area contributed by atoms with E-state index in [-0.39, 0.29) is 9.03 Å². The molecule has 8 heavy (non-hydrogen) atoms. The van der Waals surface area contributed by atoms with Crippen molar-refractivity contribution in [2.24, 2.45) is 0 Å². The molecule has 8 heteroatoms. The third-order valence-electron chi connectivity index (χ3n) is 0.562. The minimum absolute atomic E-state index is 0.195. The van der Waals surface area contributed by atoms with Gasteiger partial charge in [-0.15, -0.1) is 0 Å².